The number of benzene rings is 2. The first-order valence-corrected chi connectivity index (χ1v) is 14.1. The number of aromatic nitrogens is 5. The Morgan fingerprint density at radius 3 is 2.64 bits per heavy atom. The van der Waals surface area contributed by atoms with Crippen LogP contribution in [0.2, 0.25) is 0 Å². The minimum absolute atomic E-state index is 0.142. The molecule has 204 valence electrons. The van der Waals surface area contributed by atoms with Crippen molar-refractivity contribution >= 4 is 10.9 Å². The number of H-pyrrole nitrogens is 1. The summed E-state index contributed by atoms with van der Waals surface area (Å²) in [6.07, 6.45) is 8.58. The van der Waals surface area contributed by atoms with E-state index in [-0.39, 0.29) is 16.8 Å². The Bertz CT molecular complexity index is 1490. The number of fused-ring (bicyclic) bond motifs is 1. The summed E-state index contributed by atoms with van der Waals surface area (Å²) in [5, 5.41) is 13.8. The van der Waals surface area contributed by atoms with Crippen LogP contribution in [-0.4, -0.2) is 49.8 Å². The van der Waals surface area contributed by atoms with E-state index in [0.29, 0.717) is 24.5 Å². The lowest BCUT2D eigenvalue weighted by molar-refractivity contribution is 0.0340. The number of likely N-dealkylation sites (tertiary alicyclic amines) is 1. The lowest BCUT2D eigenvalue weighted by Gasteiger charge is -2.47. The number of nitrogens with one attached hydrogen (secondary N) is 1. The zero-order chi connectivity index (χ0) is 26.8. The summed E-state index contributed by atoms with van der Waals surface area (Å²) < 4.78 is 21.0. The van der Waals surface area contributed by atoms with Crippen LogP contribution in [0.3, 0.4) is 0 Å². The summed E-state index contributed by atoms with van der Waals surface area (Å²) in [6.45, 7) is 4.69. The van der Waals surface area contributed by atoms with E-state index in [2.05, 4.69) is 25.4 Å². The third-order valence-electron chi connectivity index (χ3n) is 8.47. The van der Waals surface area contributed by atoms with Gasteiger partial charge in [-0.25, -0.2) is 9.07 Å². The molecule has 0 bridgehead atoms. The molecule has 1 aliphatic carbocycles. The quantitative estimate of drug-likeness (QED) is 0.352. The van der Waals surface area contributed by atoms with Crippen molar-refractivity contribution in [1.82, 2.24) is 30.1 Å². The van der Waals surface area contributed by atoms with Crippen molar-refractivity contribution in [3.05, 3.63) is 81.7 Å². The Morgan fingerprint density at radius 2 is 1.85 bits per heavy atom. The van der Waals surface area contributed by atoms with E-state index in [1.165, 1.54) is 50.7 Å². The number of hydrogen-bond donors (Lipinski definition) is 1. The van der Waals surface area contributed by atoms with E-state index >= 15 is 0 Å². The van der Waals surface area contributed by atoms with Crippen LogP contribution in [0.25, 0.3) is 10.9 Å². The fourth-order valence-corrected chi connectivity index (χ4v) is 6.62. The molecule has 1 aliphatic heterocycles. The van der Waals surface area contributed by atoms with Gasteiger partial charge in [0.15, 0.2) is 5.82 Å². The van der Waals surface area contributed by atoms with Crippen LogP contribution in [-0.2, 0) is 6.54 Å². The average molecular weight is 531 g/mol. The second-order valence-electron chi connectivity index (χ2n) is 11.1. The molecule has 1 atom stereocenters. The molecule has 6 rings (SSSR count). The molecule has 2 aromatic heterocycles. The van der Waals surface area contributed by atoms with Gasteiger partial charge in [-0.3, -0.25) is 9.69 Å². The summed E-state index contributed by atoms with van der Waals surface area (Å²) in [5.41, 5.74) is 2.41. The van der Waals surface area contributed by atoms with Crippen molar-refractivity contribution in [2.24, 2.45) is 5.41 Å². The van der Waals surface area contributed by atoms with E-state index in [1.807, 2.05) is 31.2 Å². The standard InChI is InChI=1S/C30H35FN6O2/c1-2-39-24-11-12-26-22(17-24)18-25(29(38)32-26)27(36-16-6-15-30(20-36)13-4-3-5-14-30)28-33-34-35-37(28)19-21-7-9-23(31)10-8-21/h7-12,17-18,27H,2-6,13-16,19-20H2,1H3,(H,32,38)/t27-/m1/s1. The molecule has 1 saturated heterocycles. The molecule has 2 aliphatic rings. The SMILES string of the molecule is CCOc1ccc2[nH]c(=O)c([C@H](c3nnnn3Cc3ccc(F)cc3)N3CCCC4(CCCCC4)C3)cc2c1. The van der Waals surface area contributed by atoms with Crippen LogP contribution < -0.4 is 10.3 Å². The molecule has 1 N–H and O–H groups in total. The van der Waals surface area contributed by atoms with Crippen molar-refractivity contribution in [1.29, 1.82) is 0 Å². The fraction of sp³-hybridized carbons (Fsp3) is 0.467. The number of ether oxygens (including phenoxy) is 1. The molecule has 0 unspecified atom stereocenters. The van der Waals surface area contributed by atoms with Gasteiger partial charge >= 0.3 is 0 Å². The third kappa shape index (κ3) is 5.32. The van der Waals surface area contributed by atoms with Crippen molar-refractivity contribution in [3.63, 3.8) is 0 Å². The predicted molar refractivity (Wildman–Crippen MR) is 147 cm³/mol. The topological polar surface area (TPSA) is 88.9 Å². The number of tetrazole rings is 1. The second-order valence-corrected chi connectivity index (χ2v) is 11.1. The molecule has 9 heteroatoms. The first-order chi connectivity index (χ1) is 19.0. The first kappa shape index (κ1) is 25.7. The maximum Gasteiger partial charge on any atom is 0.253 e. The Kier molecular flexibility index (Phi) is 7.16. The molecular weight excluding hydrogens is 495 g/mol. The van der Waals surface area contributed by atoms with Gasteiger partial charge in [-0.15, -0.1) is 5.10 Å². The van der Waals surface area contributed by atoms with Crippen LogP contribution in [0.15, 0.2) is 53.3 Å². The maximum atomic E-state index is 13.7. The predicted octanol–water partition coefficient (Wildman–Crippen LogP) is 5.24. The monoisotopic (exact) mass is 530 g/mol. The second kappa shape index (κ2) is 10.9. The summed E-state index contributed by atoms with van der Waals surface area (Å²) in [5.74, 6) is 1.10. The van der Waals surface area contributed by atoms with E-state index in [9.17, 15) is 9.18 Å². The van der Waals surface area contributed by atoms with Crippen LogP contribution in [0.1, 0.15) is 74.9 Å². The summed E-state index contributed by atoms with van der Waals surface area (Å²) in [6, 6.07) is 13.7. The number of halogens is 1. The van der Waals surface area contributed by atoms with Gasteiger partial charge in [-0.05, 0) is 97.0 Å². The number of nitrogens with zero attached hydrogens (tertiary/aromatic N) is 5. The molecular formula is C30H35FN6O2. The molecule has 0 radical (unpaired) electrons. The maximum absolute atomic E-state index is 13.7. The van der Waals surface area contributed by atoms with Gasteiger partial charge in [0.1, 0.15) is 17.6 Å². The minimum atomic E-state index is -0.413. The third-order valence-corrected chi connectivity index (χ3v) is 8.47. The van der Waals surface area contributed by atoms with Crippen molar-refractivity contribution in [3.8, 4) is 5.75 Å². The zero-order valence-electron chi connectivity index (χ0n) is 22.4. The summed E-state index contributed by atoms with van der Waals surface area (Å²) >= 11 is 0. The van der Waals surface area contributed by atoms with Gasteiger partial charge in [-0.2, -0.15) is 0 Å². The highest BCUT2D eigenvalue weighted by molar-refractivity contribution is 5.80. The van der Waals surface area contributed by atoms with Crippen molar-refractivity contribution in [2.75, 3.05) is 19.7 Å². The van der Waals surface area contributed by atoms with Crippen LogP contribution in [0.4, 0.5) is 4.39 Å². The smallest absolute Gasteiger partial charge is 0.253 e. The molecule has 2 fully saturated rings. The fourth-order valence-electron chi connectivity index (χ4n) is 6.62. The highest BCUT2D eigenvalue weighted by Crippen LogP contribution is 2.45. The van der Waals surface area contributed by atoms with Crippen molar-refractivity contribution < 1.29 is 9.13 Å². The molecule has 1 saturated carbocycles. The van der Waals surface area contributed by atoms with E-state index in [4.69, 9.17) is 4.74 Å². The lowest BCUT2D eigenvalue weighted by Crippen LogP contribution is -2.47. The normalized spacial score (nSPS) is 18.4. The molecule has 8 nitrogen and oxygen atoms in total. The first-order valence-electron chi connectivity index (χ1n) is 14.1. The molecule has 2 aromatic carbocycles. The molecule has 3 heterocycles. The zero-order valence-corrected chi connectivity index (χ0v) is 22.4. The largest absolute Gasteiger partial charge is 0.494 e. The average Bonchev–Trinajstić information content (AvgIpc) is 3.39. The van der Waals surface area contributed by atoms with Gasteiger partial charge in [0.05, 0.1) is 13.2 Å². The van der Waals surface area contributed by atoms with E-state index < -0.39 is 6.04 Å². The minimum Gasteiger partial charge on any atom is -0.494 e. The number of piperidine rings is 1. The van der Waals surface area contributed by atoms with Crippen LogP contribution in [0.5, 0.6) is 5.75 Å². The Labute approximate surface area is 227 Å². The number of rotatable bonds is 7. The molecule has 1 spiro atoms. The number of hydrogen-bond acceptors (Lipinski definition) is 6. The van der Waals surface area contributed by atoms with Gasteiger partial charge < -0.3 is 9.72 Å². The van der Waals surface area contributed by atoms with E-state index in [1.54, 1.807) is 16.8 Å². The highest BCUT2D eigenvalue weighted by atomic mass is 19.1. The van der Waals surface area contributed by atoms with Crippen LogP contribution in [0, 0.1) is 11.2 Å². The Hall–Kier alpha value is -3.59. The Balaban J connectivity index is 1.45. The lowest BCUT2D eigenvalue weighted by atomic mass is 9.69. The van der Waals surface area contributed by atoms with Crippen LogP contribution >= 0.6 is 0 Å². The van der Waals surface area contributed by atoms with E-state index in [0.717, 1.165) is 41.7 Å². The summed E-state index contributed by atoms with van der Waals surface area (Å²) in [7, 11) is 0. The summed E-state index contributed by atoms with van der Waals surface area (Å²) in [4.78, 5) is 19.2. The van der Waals surface area contributed by atoms with Gasteiger partial charge in [0.2, 0.25) is 0 Å². The van der Waals surface area contributed by atoms with Crippen molar-refractivity contribution in [2.45, 2.75) is 64.5 Å². The Morgan fingerprint density at radius 1 is 1.05 bits per heavy atom. The highest BCUT2D eigenvalue weighted by Gasteiger charge is 2.41. The molecule has 39 heavy (non-hydrogen) atoms. The molecule has 0 amide bonds. The van der Waals surface area contributed by atoms with Gasteiger partial charge in [0.25, 0.3) is 5.56 Å². The molecule has 4 aromatic rings. The van der Waals surface area contributed by atoms with Gasteiger partial charge in [0, 0.05) is 23.0 Å². The number of aromatic amines is 1. The number of pyridine rings is 1. The van der Waals surface area contributed by atoms with Gasteiger partial charge in [-0.1, -0.05) is 31.4 Å².